The third kappa shape index (κ3) is 2.27. The van der Waals surface area contributed by atoms with Gasteiger partial charge in [-0.05, 0) is 24.3 Å². The SMILES string of the molecule is O=c1oc2cc(N3CCNCC3)ccc2cc1-c1ccn[nH]1. The topological polar surface area (TPSA) is 74.2 Å². The molecule has 0 atom stereocenters. The van der Waals surface area contributed by atoms with Crippen LogP contribution in [0, 0.1) is 0 Å². The van der Waals surface area contributed by atoms with E-state index >= 15 is 0 Å². The molecular weight excluding hydrogens is 280 g/mol. The van der Waals surface area contributed by atoms with Crippen LogP contribution < -0.4 is 15.8 Å². The number of benzene rings is 1. The first kappa shape index (κ1) is 13.1. The van der Waals surface area contributed by atoms with Gasteiger partial charge >= 0.3 is 5.63 Å². The molecule has 1 aromatic carbocycles. The van der Waals surface area contributed by atoms with Crippen molar-refractivity contribution in [2.24, 2.45) is 0 Å². The number of hydrogen-bond acceptors (Lipinski definition) is 5. The molecule has 1 aliphatic heterocycles. The summed E-state index contributed by atoms with van der Waals surface area (Å²) < 4.78 is 5.50. The fourth-order valence-corrected chi connectivity index (χ4v) is 2.81. The number of rotatable bonds is 2. The predicted molar refractivity (Wildman–Crippen MR) is 85.1 cm³/mol. The van der Waals surface area contributed by atoms with Crippen molar-refractivity contribution >= 4 is 16.7 Å². The molecule has 6 nitrogen and oxygen atoms in total. The third-order valence-electron chi connectivity index (χ3n) is 3.99. The van der Waals surface area contributed by atoms with E-state index in [1.165, 1.54) is 0 Å². The van der Waals surface area contributed by atoms with Crippen molar-refractivity contribution in [2.45, 2.75) is 0 Å². The second kappa shape index (κ2) is 5.31. The number of nitrogens with zero attached hydrogens (tertiary/aromatic N) is 2. The molecule has 3 heterocycles. The molecule has 0 spiro atoms. The van der Waals surface area contributed by atoms with Crippen molar-refractivity contribution in [2.75, 3.05) is 31.1 Å². The van der Waals surface area contributed by atoms with Crippen LogP contribution >= 0.6 is 0 Å². The van der Waals surface area contributed by atoms with Crippen molar-refractivity contribution in [1.82, 2.24) is 15.5 Å². The van der Waals surface area contributed by atoms with Gasteiger partial charge in [-0.3, -0.25) is 5.10 Å². The average Bonchev–Trinajstić information content (AvgIpc) is 3.09. The highest BCUT2D eigenvalue weighted by Gasteiger charge is 2.13. The number of hydrogen-bond donors (Lipinski definition) is 2. The molecule has 6 heteroatoms. The Bertz CT molecular complexity index is 848. The van der Waals surface area contributed by atoms with E-state index in [0.717, 1.165) is 37.3 Å². The Balaban J connectivity index is 1.78. The zero-order chi connectivity index (χ0) is 14.9. The van der Waals surface area contributed by atoms with Gasteiger partial charge in [0.2, 0.25) is 0 Å². The smallest absolute Gasteiger partial charge is 0.345 e. The summed E-state index contributed by atoms with van der Waals surface area (Å²) in [5.74, 6) is 0. The Labute approximate surface area is 126 Å². The molecule has 22 heavy (non-hydrogen) atoms. The minimum absolute atomic E-state index is 0.353. The minimum Gasteiger partial charge on any atom is -0.422 e. The van der Waals surface area contributed by atoms with Crippen LogP contribution in [-0.2, 0) is 0 Å². The van der Waals surface area contributed by atoms with Crippen molar-refractivity contribution in [3.63, 3.8) is 0 Å². The first-order valence-corrected chi connectivity index (χ1v) is 7.34. The molecule has 3 aromatic rings. The highest BCUT2D eigenvalue weighted by Crippen LogP contribution is 2.24. The van der Waals surface area contributed by atoms with Gasteiger partial charge in [-0.25, -0.2) is 4.79 Å². The summed E-state index contributed by atoms with van der Waals surface area (Å²) in [6.45, 7) is 3.87. The van der Waals surface area contributed by atoms with E-state index in [1.54, 1.807) is 12.3 Å². The summed E-state index contributed by atoms with van der Waals surface area (Å²) >= 11 is 0. The van der Waals surface area contributed by atoms with Gasteiger partial charge in [0.05, 0.1) is 11.3 Å². The monoisotopic (exact) mass is 296 g/mol. The van der Waals surface area contributed by atoms with Crippen LogP contribution in [0.15, 0.2) is 45.7 Å². The van der Waals surface area contributed by atoms with Gasteiger partial charge in [0, 0.05) is 49.5 Å². The highest BCUT2D eigenvalue weighted by molar-refractivity contribution is 5.84. The summed E-state index contributed by atoms with van der Waals surface area (Å²) in [5, 5.41) is 10.9. The number of nitrogens with one attached hydrogen (secondary N) is 2. The fourth-order valence-electron chi connectivity index (χ4n) is 2.81. The molecule has 4 rings (SSSR count). The van der Waals surface area contributed by atoms with E-state index in [-0.39, 0.29) is 5.63 Å². The molecule has 1 fully saturated rings. The Morgan fingerprint density at radius 3 is 2.77 bits per heavy atom. The molecule has 2 aromatic heterocycles. The molecule has 1 saturated heterocycles. The summed E-state index contributed by atoms with van der Waals surface area (Å²) in [5.41, 5.74) is 2.52. The Kier molecular flexibility index (Phi) is 3.16. The number of fused-ring (bicyclic) bond motifs is 1. The molecule has 1 aliphatic rings. The fraction of sp³-hybridized carbons (Fsp3) is 0.250. The first-order chi connectivity index (χ1) is 10.8. The van der Waals surface area contributed by atoms with Crippen LogP contribution in [0.4, 0.5) is 5.69 Å². The molecule has 0 amide bonds. The van der Waals surface area contributed by atoms with Crippen molar-refractivity contribution in [1.29, 1.82) is 0 Å². The Hall–Kier alpha value is -2.60. The molecule has 0 aliphatic carbocycles. The summed E-state index contributed by atoms with van der Waals surface area (Å²) in [4.78, 5) is 14.5. The van der Waals surface area contributed by atoms with Gasteiger partial charge < -0.3 is 14.6 Å². The number of aromatic amines is 1. The number of piperazine rings is 1. The molecule has 0 radical (unpaired) electrons. The van der Waals surface area contributed by atoms with Crippen molar-refractivity contribution in [3.05, 3.63) is 46.9 Å². The van der Waals surface area contributed by atoms with E-state index in [1.807, 2.05) is 18.2 Å². The highest BCUT2D eigenvalue weighted by atomic mass is 16.4. The second-order valence-electron chi connectivity index (χ2n) is 5.38. The van der Waals surface area contributed by atoms with Crippen LogP contribution in [0.25, 0.3) is 22.2 Å². The van der Waals surface area contributed by atoms with Crippen LogP contribution in [0.1, 0.15) is 0 Å². The summed E-state index contributed by atoms with van der Waals surface area (Å²) in [7, 11) is 0. The van der Waals surface area contributed by atoms with Crippen LogP contribution in [0.3, 0.4) is 0 Å². The molecule has 2 N–H and O–H groups in total. The lowest BCUT2D eigenvalue weighted by molar-refractivity contribution is 0.561. The second-order valence-corrected chi connectivity index (χ2v) is 5.38. The van der Waals surface area contributed by atoms with Gasteiger partial charge in [0.15, 0.2) is 0 Å². The van der Waals surface area contributed by atoms with Gasteiger partial charge in [-0.2, -0.15) is 5.10 Å². The summed E-state index contributed by atoms with van der Waals surface area (Å²) in [6.07, 6.45) is 1.62. The molecule has 0 unspecified atom stereocenters. The standard InChI is InChI=1S/C16H16N4O2/c21-16-13(14-3-4-18-19-14)9-11-1-2-12(10-15(11)22-16)20-7-5-17-6-8-20/h1-4,9-10,17H,5-8H2,(H,18,19). The van der Waals surface area contributed by atoms with E-state index < -0.39 is 0 Å². The molecular formula is C16H16N4O2. The number of H-pyrrole nitrogens is 1. The average molecular weight is 296 g/mol. The lowest BCUT2D eigenvalue weighted by atomic mass is 10.1. The van der Waals surface area contributed by atoms with Crippen LogP contribution in [-0.4, -0.2) is 36.4 Å². The third-order valence-corrected chi connectivity index (χ3v) is 3.99. The van der Waals surface area contributed by atoms with Crippen LogP contribution in [0.2, 0.25) is 0 Å². The molecule has 112 valence electrons. The maximum atomic E-state index is 12.2. The predicted octanol–water partition coefficient (Wildman–Crippen LogP) is 1.59. The lowest BCUT2D eigenvalue weighted by Crippen LogP contribution is -2.43. The van der Waals surface area contributed by atoms with E-state index in [2.05, 4.69) is 26.5 Å². The zero-order valence-electron chi connectivity index (χ0n) is 12.0. The van der Waals surface area contributed by atoms with E-state index in [9.17, 15) is 4.79 Å². The first-order valence-electron chi connectivity index (χ1n) is 7.34. The van der Waals surface area contributed by atoms with Crippen molar-refractivity contribution in [3.8, 4) is 11.3 Å². The Morgan fingerprint density at radius 1 is 1.14 bits per heavy atom. The minimum atomic E-state index is -0.353. The van der Waals surface area contributed by atoms with E-state index in [4.69, 9.17) is 4.42 Å². The maximum Gasteiger partial charge on any atom is 0.345 e. The van der Waals surface area contributed by atoms with Gasteiger partial charge in [0.1, 0.15) is 5.58 Å². The largest absolute Gasteiger partial charge is 0.422 e. The van der Waals surface area contributed by atoms with Gasteiger partial charge in [0.25, 0.3) is 0 Å². The van der Waals surface area contributed by atoms with E-state index in [0.29, 0.717) is 16.8 Å². The Morgan fingerprint density at radius 2 is 2.00 bits per heavy atom. The normalized spacial score (nSPS) is 15.4. The lowest BCUT2D eigenvalue weighted by Gasteiger charge is -2.29. The van der Waals surface area contributed by atoms with Gasteiger partial charge in [-0.1, -0.05) is 0 Å². The number of aromatic nitrogens is 2. The molecule has 0 saturated carbocycles. The maximum absolute atomic E-state index is 12.2. The van der Waals surface area contributed by atoms with Crippen molar-refractivity contribution < 1.29 is 4.42 Å². The number of anilines is 1. The molecule has 0 bridgehead atoms. The quantitative estimate of drug-likeness (QED) is 0.703. The zero-order valence-corrected chi connectivity index (χ0v) is 12.0. The van der Waals surface area contributed by atoms with Crippen LogP contribution in [0.5, 0.6) is 0 Å². The van der Waals surface area contributed by atoms with Gasteiger partial charge in [-0.15, -0.1) is 0 Å². The summed E-state index contributed by atoms with van der Waals surface area (Å²) in [6, 6.07) is 9.61.